The maximum Gasteiger partial charge on any atom is 0.408 e. The average Bonchev–Trinajstić information content (AvgIpc) is 3.34. The molecule has 7 N–H and O–H groups in total. The van der Waals surface area contributed by atoms with E-state index >= 15 is 0 Å². The van der Waals surface area contributed by atoms with Gasteiger partial charge in [-0.3, -0.25) is 14.6 Å². The van der Waals surface area contributed by atoms with Gasteiger partial charge in [-0.05, 0) is 58.1 Å². The quantitative estimate of drug-likeness (QED) is 0.129. The van der Waals surface area contributed by atoms with Crippen LogP contribution in [0, 0.1) is 5.92 Å². The number of sulfonamides is 1. The number of nitrogens with two attached hydrogens (primary N) is 2. The zero-order valence-electron chi connectivity index (χ0n) is 23.8. The van der Waals surface area contributed by atoms with E-state index in [4.69, 9.17) is 20.6 Å². The molecule has 0 aliphatic carbocycles. The molecule has 0 bridgehead atoms. The maximum atomic E-state index is 13.1. The lowest BCUT2D eigenvalue weighted by Gasteiger charge is -2.23. The zero-order chi connectivity index (χ0) is 30.8. The number of amides is 3. The highest BCUT2D eigenvalue weighted by Gasteiger charge is 2.29. The molecule has 0 unspecified atom stereocenters. The van der Waals surface area contributed by atoms with Crippen molar-refractivity contribution in [1.82, 2.24) is 20.3 Å². The first-order valence-corrected chi connectivity index (χ1v) is 14.5. The highest BCUT2D eigenvalue weighted by Crippen LogP contribution is 2.22. The normalized spacial score (nSPS) is 13.1. The fourth-order valence-corrected chi connectivity index (χ4v) is 4.60. The van der Waals surface area contributed by atoms with Gasteiger partial charge >= 0.3 is 6.09 Å². The molecule has 0 radical (unpaired) electrons. The maximum absolute atomic E-state index is 13.1. The molecule has 3 amide bonds. The van der Waals surface area contributed by atoms with Gasteiger partial charge in [0.15, 0.2) is 11.7 Å². The van der Waals surface area contributed by atoms with Gasteiger partial charge in [0.25, 0.3) is 21.8 Å². The molecule has 0 aliphatic rings. The van der Waals surface area contributed by atoms with Gasteiger partial charge in [-0.1, -0.05) is 32.0 Å². The highest BCUT2D eigenvalue weighted by molar-refractivity contribution is 7.90. The number of rotatable bonds is 13. The number of aromatic nitrogens is 1. The van der Waals surface area contributed by atoms with Crippen LogP contribution in [0.3, 0.4) is 0 Å². The third-order valence-corrected chi connectivity index (χ3v) is 6.67. The van der Waals surface area contributed by atoms with Gasteiger partial charge in [-0.25, -0.2) is 22.9 Å². The molecule has 0 saturated heterocycles. The van der Waals surface area contributed by atoms with Gasteiger partial charge in [-0.2, -0.15) is 0 Å². The van der Waals surface area contributed by atoms with Crippen LogP contribution in [0.25, 0.3) is 0 Å². The number of nitrogens with zero attached hydrogens (tertiary/aromatic N) is 2. The second-order valence-electron chi connectivity index (χ2n) is 10.7. The third-order valence-electron chi connectivity index (χ3n) is 5.31. The molecule has 0 spiro atoms. The Balaban J connectivity index is 2.21. The number of hydrogen-bond donors (Lipinski definition) is 5. The first-order valence-electron chi connectivity index (χ1n) is 13.0. The van der Waals surface area contributed by atoms with Crippen molar-refractivity contribution in [2.45, 2.75) is 76.5 Å². The molecule has 14 nitrogen and oxygen atoms in total. The van der Waals surface area contributed by atoms with Gasteiger partial charge in [0.1, 0.15) is 23.9 Å². The number of alkyl carbamates (subject to hydrolysis) is 1. The average molecular weight is 594 g/mol. The minimum Gasteiger partial charge on any atom is -0.446 e. The number of nitrogens with one attached hydrogen (secondary N) is 3. The second kappa shape index (κ2) is 14.5. The number of aliphatic imine (C=N–C) groups is 1. The van der Waals surface area contributed by atoms with Crippen LogP contribution in [0.2, 0.25) is 0 Å². The molecule has 1 aromatic heterocycles. The SMILES string of the molecule is CC(C)C[C@H](NC(=O)OC(C)(C)C)c1nc(C(=O)N[C@@H](CCCN=C(N)N)C(=O)NS(=O)(=O)c2ccccc2)co1. The van der Waals surface area contributed by atoms with E-state index in [9.17, 15) is 22.8 Å². The smallest absolute Gasteiger partial charge is 0.408 e. The van der Waals surface area contributed by atoms with Crippen LogP contribution in [-0.2, 0) is 19.6 Å². The molecule has 41 heavy (non-hydrogen) atoms. The predicted molar refractivity (Wildman–Crippen MR) is 151 cm³/mol. The van der Waals surface area contributed by atoms with Crippen molar-refractivity contribution in [3.63, 3.8) is 0 Å². The largest absolute Gasteiger partial charge is 0.446 e. The van der Waals surface area contributed by atoms with Gasteiger partial charge in [0.05, 0.1) is 4.90 Å². The van der Waals surface area contributed by atoms with E-state index < -0.39 is 45.6 Å². The molecule has 2 rings (SSSR count). The van der Waals surface area contributed by atoms with Crippen molar-refractivity contribution in [2.24, 2.45) is 22.4 Å². The molecule has 0 aliphatic heterocycles. The van der Waals surface area contributed by atoms with Gasteiger partial charge < -0.3 is 31.3 Å². The van der Waals surface area contributed by atoms with Crippen molar-refractivity contribution in [1.29, 1.82) is 0 Å². The number of benzene rings is 1. The summed E-state index contributed by atoms with van der Waals surface area (Å²) in [7, 11) is -4.20. The van der Waals surface area contributed by atoms with E-state index in [1.807, 2.05) is 18.6 Å². The summed E-state index contributed by atoms with van der Waals surface area (Å²) < 4.78 is 38.2. The van der Waals surface area contributed by atoms with Crippen LogP contribution in [0.5, 0.6) is 0 Å². The van der Waals surface area contributed by atoms with E-state index in [0.29, 0.717) is 6.42 Å². The summed E-state index contributed by atoms with van der Waals surface area (Å²) in [5.41, 5.74) is 9.78. The highest BCUT2D eigenvalue weighted by atomic mass is 32.2. The van der Waals surface area contributed by atoms with Crippen LogP contribution in [0.4, 0.5) is 4.79 Å². The number of carbonyl (C=O) groups excluding carboxylic acids is 3. The first kappa shape index (κ1) is 33.1. The van der Waals surface area contributed by atoms with Crippen LogP contribution >= 0.6 is 0 Å². The Morgan fingerprint density at radius 1 is 1.10 bits per heavy atom. The molecule has 0 saturated carbocycles. The van der Waals surface area contributed by atoms with Crippen molar-refractivity contribution >= 4 is 33.9 Å². The summed E-state index contributed by atoms with van der Waals surface area (Å²) in [5, 5.41) is 5.20. The summed E-state index contributed by atoms with van der Waals surface area (Å²) in [4.78, 5) is 46.4. The number of ether oxygens (including phenoxy) is 1. The number of carbonyl (C=O) groups is 3. The summed E-state index contributed by atoms with van der Waals surface area (Å²) >= 11 is 0. The van der Waals surface area contributed by atoms with Gasteiger partial charge in [0, 0.05) is 6.54 Å². The third kappa shape index (κ3) is 11.5. The molecule has 1 aromatic carbocycles. The van der Waals surface area contributed by atoms with Crippen LogP contribution in [0.1, 0.15) is 76.3 Å². The Hall–Kier alpha value is -4.14. The van der Waals surface area contributed by atoms with Gasteiger partial charge in [-0.15, -0.1) is 0 Å². The van der Waals surface area contributed by atoms with Crippen molar-refractivity contribution < 1.29 is 32.0 Å². The molecule has 15 heteroatoms. The van der Waals surface area contributed by atoms with Crippen molar-refractivity contribution in [3.8, 4) is 0 Å². The molecule has 0 fully saturated rings. The van der Waals surface area contributed by atoms with Gasteiger partial charge in [0.2, 0.25) is 5.89 Å². The fraction of sp³-hybridized carbons (Fsp3) is 0.500. The molecular weight excluding hydrogens is 554 g/mol. The Morgan fingerprint density at radius 2 is 1.76 bits per heavy atom. The summed E-state index contributed by atoms with van der Waals surface area (Å²) in [6.45, 7) is 9.21. The Labute approximate surface area is 239 Å². The predicted octanol–water partition coefficient (Wildman–Crippen LogP) is 1.94. The second-order valence-corrected chi connectivity index (χ2v) is 12.3. The monoisotopic (exact) mass is 593 g/mol. The molecule has 2 aromatic rings. The van der Waals surface area contributed by atoms with E-state index in [2.05, 4.69) is 20.6 Å². The first-order chi connectivity index (χ1) is 19.1. The molecule has 2 atom stereocenters. The van der Waals surface area contributed by atoms with E-state index in [-0.39, 0.29) is 47.7 Å². The minimum atomic E-state index is -4.20. The van der Waals surface area contributed by atoms with E-state index in [1.165, 1.54) is 24.3 Å². The summed E-state index contributed by atoms with van der Waals surface area (Å²) in [6.07, 6.45) is 1.11. The number of hydrogen-bond acceptors (Lipinski definition) is 9. The Morgan fingerprint density at radius 3 is 2.34 bits per heavy atom. The number of oxazole rings is 1. The lowest BCUT2D eigenvalue weighted by Crippen LogP contribution is -2.48. The van der Waals surface area contributed by atoms with Crippen LogP contribution < -0.4 is 26.8 Å². The summed E-state index contributed by atoms with van der Waals surface area (Å²) in [5.74, 6) is -1.70. The topological polar surface area (TPSA) is 221 Å². The number of guanidine groups is 1. The van der Waals surface area contributed by atoms with Crippen LogP contribution in [-0.4, -0.2) is 55.5 Å². The zero-order valence-corrected chi connectivity index (χ0v) is 24.7. The minimum absolute atomic E-state index is 0.0134. The van der Waals surface area contributed by atoms with Crippen molar-refractivity contribution in [3.05, 3.63) is 48.2 Å². The Kier molecular flexibility index (Phi) is 11.7. The standard InChI is InChI=1S/C26H39N7O7S/c1-16(2)14-19(32-25(36)40-26(3,4)5)23-31-20(15-39-23)21(34)30-18(12-9-13-29-24(27)28)22(35)33-41(37,38)17-10-7-6-8-11-17/h6-8,10-11,15-16,18-19H,9,12-14H2,1-5H3,(H,30,34)(H,32,36)(H,33,35)(H4,27,28,29)/t18-,19-/m0/s1. The lowest BCUT2D eigenvalue weighted by molar-refractivity contribution is -0.121. The molecular formula is C26H39N7O7S. The van der Waals surface area contributed by atoms with Crippen LogP contribution in [0.15, 0.2) is 50.9 Å². The molecule has 226 valence electrons. The fourth-order valence-electron chi connectivity index (χ4n) is 3.56. The van der Waals surface area contributed by atoms with Crippen molar-refractivity contribution in [2.75, 3.05) is 6.54 Å². The lowest BCUT2D eigenvalue weighted by atomic mass is 10.0. The van der Waals surface area contributed by atoms with E-state index in [0.717, 1.165) is 6.26 Å². The molecule has 1 heterocycles. The Bertz CT molecular complexity index is 1320. The van der Waals surface area contributed by atoms with E-state index in [1.54, 1.807) is 26.8 Å². The summed E-state index contributed by atoms with van der Waals surface area (Å²) in [6, 6.07) is 5.35.